The normalized spacial score (nSPS) is 23.8. The van der Waals surface area contributed by atoms with E-state index in [1.165, 1.54) is 0 Å². The number of nitrogens with one attached hydrogen (secondary N) is 1. The number of aliphatic carboxylic acids is 1. The summed E-state index contributed by atoms with van der Waals surface area (Å²) in [6.45, 7) is 8.01. The van der Waals surface area contributed by atoms with Crippen LogP contribution in [0.1, 0.15) is 27.2 Å². The fourth-order valence-corrected chi connectivity index (χ4v) is 2.34. The second-order valence-electron chi connectivity index (χ2n) is 5.46. The van der Waals surface area contributed by atoms with Crippen molar-refractivity contribution in [3.05, 3.63) is 0 Å². The Balaban J connectivity index is 2.64. The van der Waals surface area contributed by atoms with Crippen LogP contribution in [-0.2, 0) is 4.79 Å². The van der Waals surface area contributed by atoms with Crippen molar-refractivity contribution < 1.29 is 14.7 Å². The van der Waals surface area contributed by atoms with Crippen LogP contribution in [0.15, 0.2) is 0 Å². The minimum atomic E-state index is -0.968. The van der Waals surface area contributed by atoms with E-state index >= 15 is 0 Å². The van der Waals surface area contributed by atoms with Gasteiger partial charge in [0.15, 0.2) is 0 Å². The van der Waals surface area contributed by atoms with Crippen molar-refractivity contribution in [3.63, 3.8) is 0 Å². The van der Waals surface area contributed by atoms with Gasteiger partial charge >= 0.3 is 12.0 Å². The van der Waals surface area contributed by atoms with Crippen LogP contribution >= 0.6 is 0 Å². The summed E-state index contributed by atoms with van der Waals surface area (Å²) in [5.74, 6) is -1.05. The molecule has 0 saturated carbocycles. The van der Waals surface area contributed by atoms with E-state index in [4.69, 9.17) is 0 Å². The number of nitrogens with zero attached hydrogens (tertiary/aromatic N) is 2. The van der Waals surface area contributed by atoms with Gasteiger partial charge < -0.3 is 20.2 Å². The Kier molecular flexibility index (Phi) is 5.60. The lowest BCUT2D eigenvalue weighted by molar-refractivity contribution is -0.140. The molecule has 2 amide bonds. The quantitative estimate of drug-likeness (QED) is 0.794. The summed E-state index contributed by atoms with van der Waals surface area (Å²) in [6.07, 6.45) is 0.718. The van der Waals surface area contributed by atoms with Crippen LogP contribution in [0, 0.1) is 5.92 Å². The van der Waals surface area contributed by atoms with Gasteiger partial charge in [-0.25, -0.2) is 9.59 Å². The summed E-state index contributed by atoms with van der Waals surface area (Å²) in [6, 6.07) is -0.984. The van der Waals surface area contributed by atoms with Crippen LogP contribution in [-0.4, -0.2) is 65.7 Å². The smallest absolute Gasteiger partial charge is 0.326 e. The Bertz CT molecular complexity index is 335. The number of hydrogen-bond acceptors (Lipinski definition) is 3. The first kappa shape index (κ1) is 15.8. The summed E-state index contributed by atoms with van der Waals surface area (Å²) in [5.41, 5.74) is 0. The lowest BCUT2D eigenvalue weighted by Crippen LogP contribution is -2.58. The van der Waals surface area contributed by atoms with Gasteiger partial charge in [0.2, 0.25) is 0 Å². The number of carbonyl (C=O) groups is 2. The van der Waals surface area contributed by atoms with E-state index < -0.39 is 12.0 Å². The minimum absolute atomic E-state index is 0.0794. The Hall–Kier alpha value is -1.30. The van der Waals surface area contributed by atoms with E-state index in [0.717, 1.165) is 19.5 Å². The zero-order valence-corrected chi connectivity index (χ0v) is 12.2. The summed E-state index contributed by atoms with van der Waals surface area (Å²) in [4.78, 5) is 27.3. The number of amides is 2. The van der Waals surface area contributed by atoms with Gasteiger partial charge in [0, 0.05) is 25.7 Å². The first-order valence-electron chi connectivity index (χ1n) is 6.85. The van der Waals surface area contributed by atoms with Gasteiger partial charge in [-0.15, -0.1) is 0 Å². The lowest BCUT2D eigenvalue weighted by Gasteiger charge is -2.38. The van der Waals surface area contributed by atoms with Gasteiger partial charge in [0.25, 0.3) is 0 Å². The predicted molar refractivity (Wildman–Crippen MR) is 73.1 cm³/mol. The van der Waals surface area contributed by atoms with Crippen molar-refractivity contribution in [3.8, 4) is 0 Å². The molecule has 0 aliphatic carbocycles. The van der Waals surface area contributed by atoms with E-state index in [-0.39, 0.29) is 18.0 Å². The molecule has 2 N–H and O–H groups in total. The fourth-order valence-electron chi connectivity index (χ4n) is 2.34. The number of urea groups is 1. The standard InChI is InChI=1S/C13H25N3O3/c1-5-9(2)11(12(17)18)14-13(19)16-7-6-15(4)8-10(16)3/h9-11H,5-8H2,1-4H3,(H,14,19)(H,17,18)/t9?,10?,11-/m0/s1. The zero-order chi connectivity index (χ0) is 14.6. The van der Waals surface area contributed by atoms with Crippen LogP contribution in [0.25, 0.3) is 0 Å². The third-order valence-corrected chi connectivity index (χ3v) is 3.85. The average molecular weight is 271 g/mol. The molecular weight excluding hydrogens is 246 g/mol. The van der Waals surface area contributed by atoms with Crippen LogP contribution in [0.2, 0.25) is 0 Å². The molecule has 1 rings (SSSR count). The van der Waals surface area contributed by atoms with Crippen molar-refractivity contribution in [2.75, 3.05) is 26.7 Å². The molecule has 1 saturated heterocycles. The van der Waals surface area contributed by atoms with E-state index in [0.29, 0.717) is 6.54 Å². The highest BCUT2D eigenvalue weighted by atomic mass is 16.4. The van der Waals surface area contributed by atoms with Crippen molar-refractivity contribution in [1.82, 2.24) is 15.1 Å². The van der Waals surface area contributed by atoms with Crippen LogP contribution in [0.4, 0.5) is 4.79 Å². The zero-order valence-electron chi connectivity index (χ0n) is 12.2. The highest BCUT2D eigenvalue weighted by molar-refractivity contribution is 5.83. The molecular formula is C13H25N3O3. The molecule has 0 aromatic rings. The molecule has 0 aromatic carbocycles. The van der Waals surface area contributed by atoms with Gasteiger partial charge in [-0.3, -0.25) is 0 Å². The first-order chi connectivity index (χ1) is 8.86. The largest absolute Gasteiger partial charge is 0.480 e. The monoisotopic (exact) mass is 271 g/mol. The van der Waals surface area contributed by atoms with Gasteiger partial charge in [0.1, 0.15) is 6.04 Å². The van der Waals surface area contributed by atoms with Gasteiger partial charge in [-0.05, 0) is 19.9 Å². The summed E-state index contributed by atoms with van der Waals surface area (Å²) in [7, 11) is 2.02. The van der Waals surface area contributed by atoms with E-state index in [1.54, 1.807) is 4.90 Å². The Morgan fingerprint density at radius 1 is 1.42 bits per heavy atom. The number of carbonyl (C=O) groups excluding carboxylic acids is 1. The summed E-state index contributed by atoms with van der Waals surface area (Å²) < 4.78 is 0. The van der Waals surface area contributed by atoms with Gasteiger partial charge in [0.05, 0.1) is 0 Å². The Labute approximate surface area is 114 Å². The molecule has 1 fully saturated rings. The van der Waals surface area contributed by atoms with Crippen LogP contribution in [0.5, 0.6) is 0 Å². The SMILES string of the molecule is CCC(C)[C@H](NC(=O)N1CCN(C)CC1C)C(=O)O. The van der Waals surface area contributed by atoms with Crippen molar-refractivity contribution in [1.29, 1.82) is 0 Å². The van der Waals surface area contributed by atoms with E-state index in [1.807, 2.05) is 27.8 Å². The third-order valence-electron chi connectivity index (χ3n) is 3.85. The molecule has 0 radical (unpaired) electrons. The molecule has 6 nitrogen and oxygen atoms in total. The topological polar surface area (TPSA) is 72.9 Å². The Morgan fingerprint density at radius 3 is 2.53 bits per heavy atom. The summed E-state index contributed by atoms with van der Waals surface area (Å²) >= 11 is 0. The van der Waals surface area contributed by atoms with E-state index in [9.17, 15) is 14.7 Å². The second-order valence-corrected chi connectivity index (χ2v) is 5.46. The molecule has 1 aliphatic heterocycles. The predicted octanol–water partition coefficient (Wildman–Crippen LogP) is 0.831. The maximum Gasteiger partial charge on any atom is 0.326 e. The van der Waals surface area contributed by atoms with Gasteiger partial charge in [-0.2, -0.15) is 0 Å². The summed E-state index contributed by atoms with van der Waals surface area (Å²) in [5, 5.41) is 11.8. The highest BCUT2D eigenvalue weighted by Gasteiger charge is 2.31. The second kappa shape index (κ2) is 6.75. The first-order valence-corrected chi connectivity index (χ1v) is 6.85. The number of likely N-dealkylation sites (N-methyl/N-ethyl adjacent to an activating group) is 1. The number of piperazine rings is 1. The number of carboxylic acids is 1. The average Bonchev–Trinajstić information content (AvgIpc) is 2.34. The van der Waals surface area contributed by atoms with Crippen LogP contribution < -0.4 is 5.32 Å². The molecule has 0 spiro atoms. The molecule has 3 atom stereocenters. The van der Waals surface area contributed by atoms with Crippen molar-refractivity contribution in [2.24, 2.45) is 5.92 Å². The fraction of sp³-hybridized carbons (Fsp3) is 0.846. The lowest BCUT2D eigenvalue weighted by atomic mass is 9.99. The molecule has 110 valence electrons. The maximum atomic E-state index is 12.2. The van der Waals surface area contributed by atoms with Crippen molar-refractivity contribution in [2.45, 2.75) is 39.3 Å². The molecule has 0 bridgehead atoms. The molecule has 2 unspecified atom stereocenters. The molecule has 19 heavy (non-hydrogen) atoms. The van der Waals surface area contributed by atoms with Gasteiger partial charge in [-0.1, -0.05) is 20.3 Å². The van der Waals surface area contributed by atoms with Crippen LogP contribution in [0.3, 0.4) is 0 Å². The minimum Gasteiger partial charge on any atom is -0.480 e. The van der Waals surface area contributed by atoms with Crippen molar-refractivity contribution >= 4 is 12.0 Å². The number of rotatable bonds is 4. The molecule has 0 aromatic heterocycles. The Morgan fingerprint density at radius 2 is 2.05 bits per heavy atom. The third kappa shape index (κ3) is 4.09. The molecule has 6 heteroatoms. The molecule has 1 aliphatic rings. The highest BCUT2D eigenvalue weighted by Crippen LogP contribution is 2.11. The molecule has 1 heterocycles. The maximum absolute atomic E-state index is 12.2. The van der Waals surface area contributed by atoms with E-state index in [2.05, 4.69) is 10.2 Å². The number of carboxylic acid groups (broad SMARTS) is 1. The number of hydrogen-bond donors (Lipinski definition) is 2.